The lowest BCUT2D eigenvalue weighted by atomic mass is 9.82. The molecule has 0 spiro atoms. The summed E-state index contributed by atoms with van der Waals surface area (Å²) in [7, 11) is -2.84. The van der Waals surface area contributed by atoms with Crippen molar-refractivity contribution < 1.29 is 8.42 Å². The number of hydrogen-bond donors (Lipinski definition) is 1. The molecule has 2 fully saturated rings. The van der Waals surface area contributed by atoms with Crippen LogP contribution in [0.1, 0.15) is 39.5 Å². The minimum atomic E-state index is -2.84. The third-order valence-electron chi connectivity index (χ3n) is 4.54. The van der Waals surface area contributed by atoms with Crippen LogP contribution in [0, 0.1) is 11.8 Å². The number of nitrogens with one attached hydrogen (secondary N) is 1. The molecule has 2 aliphatic heterocycles. The maximum absolute atomic E-state index is 11.9. The second-order valence-corrected chi connectivity index (χ2v) is 8.55. The van der Waals surface area contributed by atoms with Gasteiger partial charge in [-0.3, -0.25) is 0 Å². The Balaban J connectivity index is 2.01. The Hall–Kier alpha value is -0.0900. The summed E-state index contributed by atoms with van der Waals surface area (Å²) in [6.07, 6.45) is 4.45. The van der Waals surface area contributed by atoms with Gasteiger partial charge in [0, 0.05) is 0 Å². The standard InChI is InChI=1S/C12H23NO2S/c1-12(2)11(5-7-16(12,14)15)8-10-4-3-6-13-9-10/h10-11,13H,3-9H2,1-2H3. The zero-order valence-electron chi connectivity index (χ0n) is 10.3. The predicted octanol–water partition coefficient (Wildman–Crippen LogP) is 1.59. The summed E-state index contributed by atoms with van der Waals surface area (Å²) >= 11 is 0. The summed E-state index contributed by atoms with van der Waals surface area (Å²) in [5.74, 6) is 1.44. The minimum absolute atomic E-state index is 0.363. The van der Waals surface area contributed by atoms with Crippen LogP contribution in [0.3, 0.4) is 0 Å². The maximum Gasteiger partial charge on any atom is 0.155 e. The Morgan fingerprint density at radius 1 is 1.31 bits per heavy atom. The van der Waals surface area contributed by atoms with Gasteiger partial charge >= 0.3 is 0 Å². The van der Waals surface area contributed by atoms with Crippen LogP contribution in [0.15, 0.2) is 0 Å². The fraction of sp³-hybridized carbons (Fsp3) is 1.00. The molecule has 2 aliphatic rings. The molecular weight excluding hydrogens is 222 g/mol. The highest BCUT2D eigenvalue weighted by atomic mass is 32.2. The molecule has 16 heavy (non-hydrogen) atoms. The smallest absolute Gasteiger partial charge is 0.155 e. The van der Waals surface area contributed by atoms with Gasteiger partial charge in [-0.05, 0) is 64.5 Å². The number of hydrogen-bond acceptors (Lipinski definition) is 3. The average Bonchev–Trinajstić information content (AvgIpc) is 2.43. The van der Waals surface area contributed by atoms with Gasteiger partial charge in [0.15, 0.2) is 9.84 Å². The molecule has 1 N–H and O–H groups in total. The van der Waals surface area contributed by atoms with Gasteiger partial charge in [-0.15, -0.1) is 0 Å². The third-order valence-corrected chi connectivity index (χ3v) is 7.25. The van der Waals surface area contributed by atoms with Gasteiger partial charge in [0.05, 0.1) is 10.5 Å². The van der Waals surface area contributed by atoms with Crippen molar-refractivity contribution in [2.75, 3.05) is 18.8 Å². The Labute approximate surface area is 98.9 Å². The van der Waals surface area contributed by atoms with E-state index in [9.17, 15) is 8.42 Å². The van der Waals surface area contributed by atoms with Crippen LogP contribution in [0.4, 0.5) is 0 Å². The summed E-state index contributed by atoms with van der Waals surface area (Å²) < 4.78 is 23.3. The third kappa shape index (κ3) is 2.14. The number of sulfone groups is 1. The van der Waals surface area contributed by atoms with Gasteiger partial charge in [-0.25, -0.2) is 8.42 Å². The molecule has 3 nitrogen and oxygen atoms in total. The van der Waals surface area contributed by atoms with Crippen LogP contribution in [0.2, 0.25) is 0 Å². The highest BCUT2D eigenvalue weighted by molar-refractivity contribution is 7.93. The molecule has 0 aromatic rings. The fourth-order valence-electron chi connectivity index (χ4n) is 3.09. The van der Waals surface area contributed by atoms with Crippen molar-refractivity contribution >= 4 is 9.84 Å². The van der Waals surface area contributed by atoms with E-state index in [0.29, 0.717) is 17.6 Å². The minimum Gasteiger partial charge on any atom is -0.316 e. The van der Waals surface area contributed by atoms with Gasteiger partial charge in [0.25, 0.3) is 0 Å². The Morgan fingerprint density at radius 2 is 2.06 bits per heavy atom. The zero-order chi connectivity index (χ0) is 11.8. The predicted molar refractivity (Wildman–Crippen MR) is 66.2 cm³/mol. The molecule has 0 amide bonds. The topological polar surface area (TPSA) is 46.2 Å². The van der Waals surface area contributed by atoms with Crippen LogP contribution in [0.5, 0.6) is 0 Å². The van der Waals surface area contributed by atoms with Crippen molar-refractivity contribution in [1.29, 1.82) is 0 Å². The van der Waals surface area contributed by atoms with Crippen molar-refractivity contribution in [3.63, 3.8) is 0 Å². The molecule has 2 rings (SSSR count). The molecule has 2 atom stereocenters. The lowest BCUT2D eigenvalue weighted by Gasteiger charge is -2.31. The SMILES string of the molecule is CC1(C)C(CC2CCCNC2)CCS1(=O)=O. The van der Waals surface area contributed by atoms with Crippen molar-refractivity contribution in [2.45, 2.75) is 44.3 Å². The molecule has 2 unspecified atom stereocenters. The van der Waals surface area contributed by atoms with Crippen molar-refractivity contribution in [3.05, 3.63) is 0 Å². The van der Waals surface area contributed by atoms with Crippen LogP contribution in [-0.4, -0.2) is 32.0 Å². The first-order chi connectivity index (χ1) is 7.43. The van der Waals surface area contributed by atoms with Crippen molar-refractivity contribution in [1.82, 2.24) is 5.32 Å². The number of piperidine rings is 1. The van der Waals surface area contributed by atoms with Crippen LogP contribution >= 0.6 is 0 Å². The second kappa shape index (κ2) is 4.30. The maximum atomic E-state index is 11.9. The van der Waals surface area contributed by atoms with E-state index in [1.54, 1.807) is 0 Å². The molecule has 0 bridgehead atoms. The Kier molecular flexibility index (Phi) is 3.32. The van der Waals surface area contributed by atoms with Gasteiger partial charge in [-0.2, -0.15) is 0 Å². The van der Waals surface area contributed by atoms with Crippen LogP contribution in [-0.2, 0) is 9.84 Å². The first-order valence-electron chi connectivity index (χ1n) is 6.36. The van der Waals surface area contributed by atoms with Gasteiger partial charge in [-0.1, -0.05) is 0 Å². The van der Waals surface area contributed by atoms with E-state index in [1.807, 2.05) is 13.8 Å². The van der Waals surface area contributed by atoms with E-state index >= 15 is 0 Å². The number of rotatable bonds is 2. The molecule has 0 saturated carbocycles. The van der Waals surface area contributed by atoms with Gasteiger partial charge < -0.3 is 5.32 Å². The molecule has 2 heterocycles. The zero-order valence-corrected chi connectivity index (χ0v) is 11.1. The molecule has 0 aromatic carbocycles. The second-order valence-electron chi connectivity index (χ2n) is 5.86. The van der Waals surface area contributed by atoms with E-state index in [4.69, 9.17) is 0 Å². The fourth-order valence-corrected chi connectivity index (χ4v) is 4.93. The Bertz CT molecular complexity index is 342. The summed E-state index contributed by atoms with van der Waals surface area (Å²) in [4.78, 5) is 0. The Morgan fingerprint density at radius 3 is 2.56 bits per heavy atom. The molecule has 4 heteroatoms. The van der Waals surface area contributed by atoms with Crippen molar-refractivity contribution in [2.24, 2.45) is 11.8 Å². The summed E-state index contributed by atoms with van der Waals surface area (Å²) in [5, 5.41) is 3.41. The molecule has 0 aliphatic carbocycles. The van der Waals surface area contributed by atoms with Crippen molar-refractivity contribution in [3.8, 4) is 0 Å². The summed E-state index contributed by atoms with van der Waals surface area (Å²) in [6.45, 7) is 6.03. The molecule has 94 valence electrons. The lowest BCUT2D eigenvalue weighted by Crippen LogP contribution is -2.37. The van der Waals surface area contributed by atoms with E-state index in [2.05, 4.69) is 5.32 Å². The van der Waals surface area contributed by atoms with E-state index in [1.165, 1.54) is 12.8 Å². The normalized spacial score (nSPS) is 37.4. The van der Waals surface area contributed by atoms with Crippen LogP contribution in [0.25, 0.3) is 0 Å². The average molecular weight is 245 g/mol. The lowest BCUT2D eigenvalue weighted by molar-refractivity contribution is 0.275. The largest absolute Gasteiger partial charge is 0.316 e. The summed E-state index contributed by atoms with van der Waals surface area (Å²) in [5.41, 5.74) is 0. The molecular formula is C12H23NO2S. The quantitative estimate of drug-likeness (QED) is 0.803. The van der Waals surface area contributed by atoms with Crippen LogP contribution < -0.4 is 5.32 Å². The van der Waals surface area contributed by atoms with E-state index in [-0.39, 0.29) is 0 Å². The molecule has 0 aromatic heterocycles. The monoisotopic (exact) mass is 245 g/mol. The molecule has 0 radical (unpaired) electrons. The molecule has 2 saturated heterocycles. The first kappa shape index (κ1) is 12.4. The summed E-state index contributed by atoms with van der Waals surface area (Å²) in [6, 6.07) is 0. The van der Waals surface area contributed by atoms with E-state index in [0.717, 1.165) is 25.9 Å². The first-order valence-corrected chi connectivity index (χ1v) is 8.02. The van der Waals surface area contributed by atoms with E-state index < -0.39 is 14.6 Å². The van der Waals surface area contributed by atoms with Gasteiger partial charge in [0.2, 0.25) is 0 Å². The highest BCUT2D eigenvalue weighted by Crippen LogP contribution is 2.41. The van der Waals surface area contributed by atoms with Gasteiger partial charge in [0.1, 0.15) is 0 Å². The highest BCUT2D eigenvalue weighted by Gasteiger charge is 2.47.